The van der Waals surface area contributed by atoms with Crippen molar-refractivity contribution in [3.05, 3.63) is 59.7 Å². The lowest BCUT2D eigenvalue weighted by atomic mass is 10.1. The molecule has 0 bridgehead atoms. The third kappa shape index (κ3) is 8.28. The third-order valence-electron chi connectivity index (χ3n) is 5.49. The van der Waals surface area contributed by atoms with Gasteiger partial charge in [-0.3, -0.25) is 13.9 Å². The second kappa shape index (κ2) is 13.1. The van der Waals surface area contributed by atoms with Crippen molar-refractivity contribution in [2.45, 2.75) is 53.1 Å². The van der Waals surface area contributed by atoms with Gasteiger partial charge in [-0.25, -0.2) is 8.42 Å². The molecule has 192 valence electrons. The Morgan fingerprint density at radius 3 is 2.29 bits per heavy atom. The van der Waals surface area contributed by atoms with E-state index in [1.807, 2.05) is 52.0 Å². The summed E-state index contributed by atoms with van der Waals surface area (Å²) < 4.78 is 31.8. The maximum absolute atomic E-state index is 13.6. The van der Waals surface area contributed by atoms with E-state index in [9.17, 15) is 18.0 Å². The van der Waals surface area contributed by atoms with Crippen LogP contribution in [0, 0.1) is 6.92 Å². The molecule has 2 amide bonds. The average Bonchev–Trinajstić information content (AvgIpc) is 2.81. The Kier molecular flexibility index (Phi) is 10.6. The zero-order valence-electron chi connectivity index (χ0n) is 21.3. The predicted octanol–water partition coefficient (Wildman–Crippen LogP) is 3.49. The molecule has 8 nitrogen and oxygen atoms in total. The Morgan fingerprint density at radius 2 is 1.74 bits per heavy atom. The first-order valence-corrected chi connectivity index (χ1v) is 13.8. The number of hydrogen-bond donors (Lipinski definition) is 1. The van der Waals surface area contributed by atoms with E-state index in [0.717, 1.165) is 28.1 Å². The molecule has 9 heteroatoms. The van der Waals surface area contributed by atoms with Crippen LogP contribution in [-0.4, -0.2) is 57.1 Å². The molecule has 0 fully saturated rings. The maximum Gasteiger partial charge on any atom is 0.244 e. The molecule has 0 aliphatic heterocycles. The van der Waals surface area contributed by atoms with Gasteiger partial charge in [0.1, 0.15) is 18.3 Å². The van der Waals surface area contributed by atoms with Gasteiger partial charge in [-0.1, -0.05) is 43.7 Å². The zero-order valence-corrected chi connectivity index (χ0v) is 22.1. The smallest absolute Gasteiger partial charge is 0.244 e. The van der Waals surface area contributed by atoms with Gasteiger partial charge in [-0.15, -0.1) is 0 Å². The standard InChI is InChI=1S/C26H37N3O5S/c1-6-16-27-26(31)24(7-2)28(18-21-11-9-10-20(4)17-21)25(30)19-29(35(5,32)33)22-12-14-23(15-13-22)34-8-3/h9-15,17,24H,6-8,16,18-19H2,1-5H3,(H,27,31)/t24-/m0/s1. The highest BCUT2D eigenvalue weighted by atomic mass is 32.2. The first-order chi connectivity index (χ1) is 16.6. The highest BCUT2D eigenvalue weighted by Gasteiger charge is 2.31. The van der Waals surface area contributed by atoms with Crippen LogP contribution in [0.15, 0.2) is 48.5 Å². The maximum atomic E-state index is 13.6. The summed E-state index contributed by atoms with van der Waals surface area (Å²) in [5.41, 5.74) is 2.25. The van der Waals surface area contributed by atoms with Crippen LogP contribution in [0.1, 0.15) is 44.7 Å². The van der Waals surface area contributed by atoms with Crippen LogP contribution in [0.5, 0.6) is 5.75 Å². The lowest BCUT2D eigenvalue weighted by Crippen LogP contribution is -2.52. The number of aryl methyl sites for hydroxylation is 1. The van der Waals surface area contributed by atoms with E-state index in [1.165, 1.54) is 4.90 Å². The molecule has 1 atom stereocenters. The predicted molar refractivity (Wildman–Crippen MR) is 139 cm³/mol. The van der Waals surface area contributed by atoms with Gasteiger partial charge >= 0.3 is 0 Å². The van der Waals surface area contributed by atoms with Crippen molar-refractivity contribution in [1.82, 2.24) is 10.2 Å². The molecule has 0 saturated heterocycles. The van der Waals surface area contributed by atoms with Gasteiger partial charge < -0.3 is 15.0 Å². The summed E-state index contributed by atoms with van der Waals surface area (Å²) in [4.78, 5) is 28.0. The quantitative estimate of drug-likeness (QED) is 0.451. The number of amides is 2. The molecule has 0 aliphatic carbocycles. The minimum absolute atomic E-state index is 0.194. The van der Waals surface area contributed by atoms with Crippen LogP contribution in [0.4, 0.5) is 5.69 Å². The molecular formula is C26H37N3O5S. The Labute approximate surface area is 209 Å². The van der Waals surface area contributed by atoms with Crippen molar-refractivity contribution < 1.29 is 22.7 Å². The van der Waals surface area contributed by atoms with Crippen molar-refractivity contribution in [3.8, 4) is 5.75 Å². The molecule has 0 unspecified atom stereocenters. The van der Waals surface area contributed by atoms with E-state index in [-0.39, 0.29) is 12.5 Å². The topological polar surface area (TPSA) is 96.0 Å². The Bertz CT molecular complexity index is 1090. The molecular weight excluding hydrogens is 466 g/mol. The number of ether oxygens (including phenoxy) is 1. The van der Waals surface area contributed by atoms with Gasteiger partial charge in [0.2, 0.25) is 21.8 Å². The second-order valence-electron chi connectivity index (χ2n) is 8.42. The SMILES string of the molecule is CCCNC(=O)[C@H](CC)N(Cc1cccc(C)c1)C(=O)CN(c1ccc(OCC)cc1)S(C)(=O)=O. The van der Waals surface area contributed by atoms with E-state index in [0.29, 0.717) is 31.0 Å². The van der Waals surface area contributed by atoms with E-state index >= 15 is 0 Å². The first-order valence-electron chi connectivity index (χ1n) is 11.9. The van der Waals surface area contributed by atoms with Crippen molar-refractivity contribution in [2.75, 3.05) is 30.3 Å². The van der Waals surface area contributed by atoms with Crippen molar-refractivity contribution >= 4 is 27.5 Å². The Hall–Kier alpha value is -3.07. The fourth-order valence-corrected chi connectivity index (χ4v) is 4.63. The highest BCUT2D eigenvalue weighted by molar-refractivity contribution is 7.92. The van der Waals surface area contributed by atoms with E-state index in [1.54, 1.807) is 24.3 Å². The summed E-state index contributed by atoms with van der Waals surface area (Å²) in [5.74, 6) is -0.0950. The summed E-state index contributed by atoms with van der Waals surface area (Å²) in [7, 11) is -3.77. The number of anilines is 1. The number of nitrogens with zero attached hydrogens (tertiary/aromatic N) is 2. The van der Waals surface area contributed by atoms with Gasteiger partial charge in [0.15, 0.2) is 0 Å². The molecule has 0 heterocycles. The number of nitrogens with one attached hydrogen (secondary N) is 1. The molecule has 0 aliphatic rings. The van der Waals surface area contributed by atoms with Crippen molar-refractivity contribution in [3.63, 3.8) is 0 Å². The number of carbonyl (C=O) groups excluding carboxylic acids is 2. The molecule has 2 aromatic carbocycles. The van der Waals surface area contributed by atoms with Crippen LogP contribution in [0.3, 0.4) is 0 Å². The van der Waals surface area contributed by atoms with Gasteiger partial charge in [0, 0.05) is 13.1 Å². The van der Waals surface area contributed by atoms with Crippen LogP contribution >= 0.6 is 0 Å². The highest BCUT2D eigenvalue weighted by Crippen LogP contribution is 2.23. The number of sulfonamides is 1. The second-order valence-corrected chi connectivity index (χ2v) is 10.3. The summed E-state index contributed by atoms with van der Waals surface area (Å²) in [6.45, 7) is 8.38. The molecule has 0 radical (unpaired) electrons. The molecule has 1 N–H and O–H groups in total. The summed E-state index contributed by atoms with van der Waals surface area (Å²) >= 11 is 0. The van der Waals surface area contributed by atoms with Crippen LogP contribution in [0.2, 0.25) is 0 Å². The molecule has 0 saturated carbocycles. The number of rotatable bonds is 13. The lowest BCUT2D eigenvalue weighted by Gasteiger charge is -2.33. The van der Waals surface area contributed by atoms with Crippen molar-refractivity contribution in [2.24, 2.45) is 0 Å². The van der Waals surface area contributed by atoms with Gasteiger partial charge in [0.05, 0.1) is 18.6 Å². The number of hydrogen-bond acceptors (Lipinski definition) is 5. The van der Waals surface area contributed by atoms with Gasteiger partial charge in [-0.2, -0.15) is 0 Å². The monoisotopic (exact) mass is 503 g/mol. The normalized spacial score (nSPS) is 12.0. The van der Waals surface area contributed by atoms with Crippen LogP contribution in [0.25, 0.3) is 0 Å². The van der Waals surface area contributed by atoms with E-state index < -0.39 is 28.5 Å². The number of carbonyl (C=O) groups is 2. The Morgan fingerprint density at radius 1 is 1.06 bits per heavy atom. The molecule has 2 rings (SSSR count). The average molecular weight is 504 g/mol. The minimum Gasteiger partial charge on any atom is -0.494 e. The van der Waals surface area contributed by atoms with E-state index in [2.05, 4.69) is 5.32 Å². The molecule has 2 aromatic rings. The van der Waals surface area contributed by atoms with Gasteiger partial charge in [0.25, 0.3) is 0 Å². The summed E-state index contributed by atoms with van der Waals surface area (Å²) in [5, 5.41) is 2.87. The largest absolute Gasteiger partial charge is 0.494 e. The van der Waals surface area contributed by atoms with Crippen molar-refractivity contribution in [1.29, 1.82) is 0 Å². The zero-order chi connectivity index (χ0) is 26.0. The van der Waals surface area contributed by atoms with Crippen LogP contribution in [-0.2, 0) is 26.2 Å². The first kappa shape index (κ1) is 28.2. The molecule has 35 heavy (non-hydrogen) atoms. The minimum atomic E-state index is -3.77. The number of benzene rings is 2. The fourth-order valence-electron chi connectivity index (χ4n) is 3.78. The Balaban J connectivity index is 2.40. The summed E-state index contributed by atoms with van der Waals surface area (Å²) in [6, 6.07) is 13.5. The third-order valence-corrected chi connectivity index (χ3v) is 6.63. The lowest BCUT2D eigenvalue weighted by molar-refractivity contribution is -0.140. The molecule has 0 aromatic heterocycles. The fraction of sp³-hybridized carbons (Fsp3) is 0.462. The molecule has 0 spiro atoms. The van der Waals surface area contributed by atoms with E-state index in [4.69, 9.17) is 4.74 Å². The summed E-state index contributed by atoms with van der Waals surface area (Å²) in [6.07, 6.45) is 2.23. The van der Waals surface area contributed by atoms with Gasteiger partial charge in [-0.05, 0) is 56.5 Å². The van der Waals surface area contributed by atoms with Crippen LogP contribution < -0.4 is 14.4 Å².